The van der Waals surface area contributed by atoms with Gasteiger partial charge in [0.15, 0.2) is 0 Å². The van der Waals surface area contributed by atoms with E-state index in [4.69, 9.17) is 16.3 Å². The summed E-state index contributed by atoms with van der Waals surface area (Å²) in [7, 11) is 0. The Labute approximate surface area is 146 Å². The fourth-order valence-electron chi connectivity index (χ4n) is 4.13. The van der Waals surface area contributed by atoms with E-state index < -0.39 is 0 Å². The van der Waals surface area contributed by atoms with E-state index in [0.29, 0.717) is 17.3 Å². The Bertz CT molecular complexity index is 672. The highest BCUT2D eigenvalue weighted by molar-refractivity contribution is 6.33. The Morgan fingerprint density at radius 2 is 2.12 bits per heavy atom. The summed E-state index contributed by atoms with van der Waals surface area (Å²) in [5.41, 5.74) is 0.849. The first-order chi connectivity index (χ1) is 11.6. The number of amides is 2. The summed E-state index contributed by atoms with van der Waals surface area (Å²) in [6.07, 6.45) is 2.31. The van der Waals surface area contributed by atoms with Crippen LogP contribution < -0.4 is 4.90 Å². The molecule has 3 saturated heterocycles. The average molecular weight is 349 g/mol. The highest BCUT2D eigenvalue weighted by atomic mass is 35.5. The molecular weight excluding hydrogens is 328 g/mol. The maximum Gasteiger partial charge on any atom is 0.228 e. The van der Waals surface area contributed by atoms with Crippen LogP contribution in [0.5, 0.6) is 0 Å². The molecule has 0 bridgehead atoms. The zero-order valence-electron chi connectivity index (χ0n) is 13.5. The number of rotatable bonds is 2. The second-order valence-electron chi connectivity index (χ2n) is 7.17. The molecule has 2 atom stereocenters. The van der Waals surface area contributed by atoms with Crippen LogP contribution in [0.3, 0.4) is 0 Å². The van der Waals surface area contributed by atoms with Gasteiger partial charge in [0.25, 0.3) is 0 Å². The summed E-state index contributed by atoms with van der Waals surface area (Å²) in [5, 5.41) is 0.544. The van der Waals surface area contributed by atoms with Crippen molar-refractivity contribution in [1.82, 2.24) is 4.90 Å². The number of nitrogens with zero attached hydrogens (tertiary/aromatic N) is 2. The van der Waals surface area contributed by atoms with E-state index in [1.54, 1.807) is 11.0 Å². The molecular formula is C18H21ClN2O3. The zero-order valence-corrected chi connectivity index (χ0v) is 14.3. The maximum absolute atomic E-state index is 12.9. The highest BCUT2D eigenvalue weighted by Gasteiger charge is 2.45. The molecule has 1 aromatic carbocycles. The summed E-state index contributed by atoms with van der Waals surface area (Å²) in [6, 6.07) is 7.29. The molecule has 3 heterocycles. The first kappa shape index (κ1) is 15.9. The van der Waals surface area contributed by atoms with Crippen molar-refractivity contribution in [3.8, 4) is 0 Å². The minimum Gasteiger partial charge on any atom is -0.381 e. The van der Waals surface area contributed by atoms with Gasteiger partial charge in [-0.1, -0.05) is 23.7 Å². The molecule has 2 unspecified atom stereocenters. The standard InChI is InChI=1S/C18H21ClN2O3/c19-14-3-1-2-4-15(14)21-10-13(9-16(21)22)17(23)20-7-5-18(11-20)6-8-24-12-18/h1-4,13H,5-12H2. The maximum atomic E-state index is 12.9. The SMILES string of the molecule is O=C(C1CC(=O)N(c2ccccc2Cl)C1)N1CCC2(CCOC2)C1. The van der Waals surface area contributed by atoms with Gasteiger partial charge in [0.05, 0.1) is 23.2 Å². The molecule has 24 heavy (non-hydrogen) atoms. The van der Waals surface area contributed by atoms with E-state index in [9.17, 15) is 9.59 Å². The Hall–Kier alpha value is -1.59. The fraction of sp³-hybridized carbons (Fsp3) is 0.556. The van der Waals surface area contributed by atoms with Crippen LogP contribution >= 0.6 is 11.6 Å². The summed E-state index contributed by atoms with van der Waals surface area (Å²) < 4.78 is 5.53. The van der Waals surface area contributed by atoms with Crippen LogP contribution in [0.15, 0.2) is 24.3 Å². The van der Waals surface area contributed by atoms with E-state index in [-0.39, 0.29) is 29.6 Å². The molecule has 0 aliphatic carbocycles. The van der Waals surface area contributed by atoms with Gasteiger partial charge >= 0.3 is 0 Å². The van der Waals surface area contributed by atoms with E-state index >= 15 is 0 Å². The molecule has 5 nitrogen and oxygen atoms in total. The van der Waals surface area contributed by atoms with Crippen molar-refractivity contribution in [3.05, 3.63) is 29.3 Å². The topological polar surface area (TPSA) is 49.9 Å². The molecule has 1 aromatic rings. The smallest absolute Gasteiger partial charge is 0.228 e. The Morgan fingerprint density at radius 3 is 2.88 bits per heavy atom. The van der Waals surface area contributed by atoms with Crippen molar-refractivity contribution in [1.29, 1.82) is 0 Å². The number of carbonyl (C=O) groups excluding carboxylic acids is 2. The van der Waals surface area contributed by atoms with Crippen molar-refractivity contribution in [2.45, 2.75) is 19.3 Å². The van der Waals surface area contributed by atoms with Gasteiger partial charge in [0, 0.05) is 38.1 Å². The van der Waals surface area contributed by atoms with Gasteiger partial charge < -0.3 is 14.5 Å². The van der Waals surface area contributed by atoms with Gasteiger partial charge in [-0.3, -0.25) is 9.59 Å². The van der Waals surface area contributed by atoms with Gasteiger partial charge in [0.1, 0.15) is 0 Å². The van der Waals surface area contributed by atoms with E-state index in [0.717, 1.165) is 39.1 Å². The molecule has 6 heteroatoms. The molecule has 1 spiro atoms. The third-order valence-corrected chi connectivity index (χ3v) is 5.87. The fourth-order valence-corrected chi connectivity index (χ4v) is 4.37. The van der Waals surface area contributed by atoms with Gasteiger partial charge in [-0.05, 0) is 25.0 Å². The first-order valence-corrected chi connectivity index (χ1v) is 8.87. The third-order valence-electron chi connectivity index (χ3n) is 5.55. The Balaban J connectivity index is 1.45. The Kier molecular flexibility index (Phi) is 4.01. The minimum atomic E-state index is -0.272. The largest absolute Gasteiger partial charge is 0.381 e. The van der Waals surface area contributed by atoms with Gasteiger partial charge in [-0.2, -0.15) is 0 Å². The average Bonchev–Trinajstić information content (AvgIpc) is 3.29. The minimum absolute atomic E-state index is 0.0282. The molecule has 3 aliphatic rings. The third kappa shape index (κ3) is 2.70. The monoisotopic (exact) mass is 348 g/mol. The lowest BCUT2D eigenvalue weighted by Crippen LogP contribution is -2.37. The summed E-state index contributed by atoms with van der Waals surface area (Å²) >= 11 is 6.20. The number of hydrogen-bond donors (Lipinski definition) is 0. The second kappa shape index (κ2) is 6.05. The normalized spacial score (nSPS) is 29.9. The van der Waals surface area contributed by atoms with Crippen LogP contribution in [-0.4, -0.2) is 49.6 Å². The Morgan fingerprint density at radius 1 is 1.29 bits per heavy atom. The van der Waals surface area contributed by atoms with Crippen LogP contribution in [0.4, 0.5) is 5.69 Å². The second-order valence-corrected chi connectivity index (χ2v) is 7.58. The molecule has 0 saturated carbocycles. The lowest BCUT2D eigenvalue weighted by molar-refractivity contribution is -0.135. The van der Waals surface area contributed by atoms with Crippen LogP contribution in [0.1, 0.15) is 19.3 Å². The number of anilines is 1. The molecule has 2 amide bonds. The predicted octanol–water partition coefficient (Wildman–Crippen LogP) is 2.33. The predicted molar refractivity (Wildman–Crippen MR) is 91.0 cm³/mol. The van der Waals surface area contributed by atoms with Crippen molar-refractivity contribution >= 4 is 29.1 Å². The summed E-state index contributed by atoms with van der Waals surface area (Å²) in [4.78, 5) is 28.8. The number of ether oxygens (including phenoxy) is 1. The molecule has 3 fully saturated rings. The molecule has 128 valence electrons. The number of hydrogen-bond acceptors (Lipinski definition) is 3. The number of para-hydroxylation sites is 1. The van der Waals surface area contributed by atoms with Crippen molar-refractivity contribution < 1.29 is 14.3 Å². The number of carbonyl (C=O) groups is 2. The quantitative estimate of drug-likeness (QED) is 0.824. The van der Waals surface area contributed by atoms with Crippen molar-refractivity contribution in [2.75, 3.05) is 37.7 Å². The molecule has 3 aliphatic heterocycles. The van der Waals surface area contributed by atoms with Gasteiger partial charge in [0.2, 0.25) is 11.8 Å². The van der Waals surface area contributed by atoms with E-state index in [1.165, 1.54) is 0 Å². The lowest BCUT2D eigenvalue weighted by Gasteiger charge is -2.24. The number of benzene rings is 1. The highest BCUT2D eigenvalue weighted by Crippen LogP contribution is 2.39. The molecule has 0 aromatic heterocycles. The lowest BCUT2D eigenvalue weighted by atomic mass is 9.87. The zero-order chi connectivity index (χ0) is 16.7. The number of likely N-dealkylation sites (tertiary alicyclic amines) is 1. The first-order valence-electron chi connectivity index (χ1n) is 8.49. The van der Waals surface area contributed by atoms with E-state index in [1.807, 2.05) is 23.1 Å². The number of halogens is 1. The summed E-state index contributed by atoms with van der Waals surface area (Å²) in [6.45, 7) is 3.51. The van der Waals surface area contributed by atoms with Crippen LogP contribution in [0.2, 0.25) is 5.02 Å². The summed E-state index contributed by atoms with van der Waals surface area (Å²) in [5.74, 6) is -0.201. The molecule has 0 N–H and O–H groups in total. The molecule has 0 radical (unpaired) electrons. The van der Waals surface area contributed by atoms with Crippen LogP contribution in [-0.2, 0) is 14.3 Å². The van der Waals surface area contributed by atoms with Crippen molar-refractivity contribution in [2.24, 2.45) is 11.3 Å². The van der Waals surface area contributed by atoms with Crippen molar-refractivity contribution in [3.63, 3.8) is 0 Å². The van der Waals surface area contributed by atoms with Gasteiger partial charge in [-0.25, -0.2) is 0 Å². The van der Waals surface area contributed by atoms with Crippen LogP contribution in [0, 0.1) is 11.3 Å². The van der Waals surface area contributed by atoms with Gasteiger partial charge in [-0.15, -0.1) is 0 Å². The van der Waals surface area contributed by atoms with E-state index in [2.05, 4.69) is 0 Å². The molecule has 4 rings (SSSR count). The van der Waals surface area contributed by atoms with Crippen LogP contribution in [0.25, 0.3) is 0 Å².